The number of fused-ring (bicyclic) bond motifs is 1. The molecule has 1 aromatic carbocycles. The summed E-state index contributed by atoms with van der Waals surface area (Å²) in [5, 5.41) is 15.0. The zero-order valence-electron chi connectivity index (χ0n) is 12.4. The van der Waals surface area contributed by atoms with Crippen LogP contribution in [0, 0.1) is 17.0 Å². The summed E-state index contributed by atoms with van der Waals surface area (Å²) < 4.78 is 8.33. The number of nitro groups is 1. The molecule has 3 aromatic rings. The van der Waals surface area contributed by atoms with Crippen molar-refractivity contribution < 1.29 is 9.66 Å². The Morgan fingerprint density at radius 3 is 2.83 bits per heavy atom. The van der Waals surface area contributed by atoms with Crippen LogP contribution in [0.25, 0.3) is 5.65 Å². The summed E-state index contributed by atoms with van der Waals surface area (Å²) in [5.74, 6) is 0.518. The largest absolute Gasteiger partial charge is 0.492 e. The van der Waals surface area contributed by atoms with Crippen molar-refractivity contribution >= 4 is 11.3 Å². The Labute approximate surface area is 130 Å². The number of benzene rings is 1. The van der Waals surface area contributed by atoms with Gasteiger partial charge in [0.25, 0.3) is 5.69 Å². The Morgan fingerprint density at radius 2 is 2.13 bits per heavy atom. The number of nitrogens with zero attached hydrogens (tertiary/aromatic N) is 4. The van der Waals surface area contributed by atoms with Gasteiger partial charge in [-0.25, -0.2) is 9.48 Å². The van der Waals surface area contributed by atoms with Crippen LogP contribution in [0.1, 0.15) is 5.56 Å². The Bertz CT molecular complexity index is 929. The van der Waals surface area contributed by atoms with Gasteiger partial charge in [0.05, 0.1) is 11.5 Å². The van der Waals surface area contributed by atoms with E-state index >= 15 is 0 Å². The first-order chi connectivity index (χ1) is 11.1. The highest BCUT2D eigenvalue weighted by Gasteiger charge is 2.11. The second-order valence-corrected chi connectivity index (χ2v) is 4.99. The highest BCUT2D eigenvalue weighted by atomic mass is 16.6. The van der Waals surface area contributed by atoms with Crippen molar-refractivity contribution in [1.82, 2.24) is 14.2 Å². The normalized spacial score (nSPS) is 10.8. The Hall–Kier alpha value is -3.16. The third-order valence-electron chi connectivity index (χ3n) is 3.43. The van der Waals surface area contributed by atoms with Gasteiger partial charge in [-0.3, -0.25) is 14.5 Å². The van der Waals surface area contributed by atoms with Gasteiger partial charge in [0.1, 0.15) is 12.4 Å². The van der Waals surface area contributed by atoms with Gasteiger partial charge in [-0.05, 0) is 31.2 Å². The third-order valence-corrected chi connectivity index (χ3v) is 3.43. The molecule has 0 N–H and O–H groups in total. The lowest BCUT2D eigenvalue weighted by atomic mass is 10.2. The molecule has 3 rings (SSSR count). The van der Waals surface area contributed by atoms with Crippen LogP contribution in [0.3, 0.4) is 0 Å². The van der Waals surface area contributed by atoms with Crippen LogP contribution in [0.5, 0.6) is 5.75 Å². The van der Waals surface area contributed by atoms with E-state index in [0.29, 0.717) is 17.0 Å². The fourth-order valence-corrected chi connectivity index (χ4v) is 2.29. The van der Waals surface area contributed by atoms with Crippen LogP contribution in [-0.2, 0) is 6.54 Å². The molecule has 0 saturated heterocycles. The fraction of sp³-hybridized carbons (Fsp3) is 0.200. The topological polar surface area (TPSA) is 91.7 Å². The highest BCUT2D eigenvalue weighted by Crippen LogP contribution is 2.22. The lowest BCUT2D eigenvalue weighted by Crippen LogP contribution is -2.23. The molecule has 118 valence electrons. The van der Waals surface area contributed by atoms with E-state index in [1.165, 1.54) is 21.2 Å². The van der Waals surface area contributed by atoms with Gasteiger partial charge in [0.2, 0.25) is 0 Å². The maximum Gasteiger partial charge on any atom is 0.350 e. The molecule has 0 spiro atoms. The Kier molecular flexibility index (Phi) is 3.80. The molecular formula is C15H14N4O4. The van der Waals surface area contributed by atoms with Crippen molar-refractivity contribution in [3.63, 3.8) is 0 Å². The van der Waals surface area contributed by atoms with E-state index in [4.69, 9.17) is 4.74 Å². The standard InChI is InChI=1S/C15H14N4O4/c1-11-10-12(5-6-13(11)19(21)22)23-9-8-18-15(20)17-7-3-2-4-14(17)16-18/h2-7,10H,8-9H2,1H3. The molecule has 23 heavy (non-hydrogen) atoms. The first-order valence-electron chi connectivity index (χ1n) is 6.98. The van der Waals surface area contributed by atoms with Crippen molar-refractivity contribution in [3.8, 4) is 5.75 Å². The molecule has 8 heteroatoms. The molecule has 0 atom stereocenters. The first kappa shape index (κ1) is 14.8. The minimum absolute atomic E-state index is 0.0499. The predicted molar refractivity (Wildman–Crippen MR) is 82.8 cm³/mol. The average molecular weight is 314 g/mol. The van der Waals surface area contributed by atoms with Crippen LogP contribution in [0.15, 0.2) is 47.4 Å². The van der Waals surface area contributed by atoms with E-state index in [2.05, 4.69) is 5.10 Å². The SMILES string of the molecule is Cc1cc(OCCn2nc3ccccn3c2=O)ccc1[N+](=O)[O-]. The zero-order chi connectivity index (χ0) is 16.4. The van der Waals surface area contributed by atoms with Crippen LogP contribution >= 0.6 is 0 Å². The quantitative estimate of drug-likeness (QED) is 0.529. The van der Waals surface area contributed by atoms with Crippen molar-refractivity contribution in [2.45, 2.75) is 13.5 Å². The van der Waals surface area contributed by atoms with Crippen LogP contribution in [0.2, 0.25) is 0 Å². The maximum absolute atomic E-state index is 12.1. The number of pyridine rings is 1. The number of hydrogen-bond donors (Lipinski definition) is 0. The summed E-state index contributed by atoms with van der Waals surface area (Å²) in [6.45, 7) is 2.18. The lowest BCUT2D eigenvalue weighted by molar-refractivity contribution is -0.385. The number of hydrogen-bond acceptors (Lipinski definition) is 5. The molecule has 0 amide bonds. The Morgan fingerprint density at radius 1 is 1.30 bits per heavy atom. The first-order valence-corrected chi connectivity index (χ1v) is 6.98. The number of aromatic nitrogens is 3. The molecule has 0 unspecified atom stereocenters. The van der Waals surface area contributed by atoms with Gasteiger partial charge in [0, 0.05) is 17.8 Å². The summed E-state index contributed by atoms with van der Waals surface area (Å²) in [6, 6.07) is 9.86. The minimum atomic E-state index is -0.435. The zero-order valence-corrected chi connectivity index (χ0v) is 12.4. The highest BCUT2D eigenvalue weighted by molar-refractivity contribution is 5.44. The minimum Gasteiger partial charge on any atom is -0.492 e. The summed E-state index contributed by atoms with van der Waals surface area (Å²) in [6.07, 6.45) is 1.65. The molecule has 0 aliphatic carbocycles. The third kappa shape index (κ3) is 2.91. The van der Waals surface area contributed by atoms with E-state index in [9.17, 15) is 14.9 Å². The van der Waals surface area contributed by atoms with E-state index in [1.807, 2.05) is 6.07 Å². The summed E-state index contributed by atoms with van der Waals surface area (Å²) in [4.78, 5) is 22.4. The molecule has 0 bridgehead atoms. The summed E-state index contributed by atoms with van der Waals surface area (Å²) in [5.41, 5.74) is 0.916. The number of nitro benzene ring substituents is 1. The second-order valence-electron chi connectivity index (χ2n) is 4.99. The van der Waals surface area contributed by atoms with Gasteiger partial charge in [-0.2, -0.15) is 0 Å². The van der Waals surface area contributed by atoms with E-state index in [-0.39, 0.29) is 24.5 Å². The van der Waals surface area contributed by atoms with Crippen LogP contribution in [-0.4, -0.2) is 25.7 Å². The van der Waals surface area contributed by atoms with Crippen LogP contribution in [0.4, 0.5) is 5.69 Å². The van der Waals surface area contributed by atoms with Gasteiger partial charge in [0.15, 0.2) is 5.65 Å². The molecule has 0 fully saturated rings. The van der Waals surface area contributed by atoms with E-state index in [0.717, 1.165) is 0 Å². The van der Waals surface area contributed by atoms with E-state index in [1.54, 1.807) is 31.3 Å². The monoisotopic (exact) mass is 314 g/mol. The number of aryl methyl sites for hydroxylation is 1. The molecule has 2 aromatic heterocycles. The fourth-order valence-electron chi connectivity index (χ4n) is 2.29. The maximum atomic E-state index is 12.1. The molecule has 0 aliphatic rings. The average Bonchev–Trinajstić information content (AvgIpc) is 2.84. The number of ether oxygens (including phenoxy) is 1. The predicted octanol–water partition coefficient (Wildman–Crippen LogP) is 1.79. The lowest BCUT2D eigenvalue weighted by Gasteiger charge is -2.06. The molecule has 2 heterocycles. The van der Waals surface area contributed by atoms with Crippen molar-refractivity contribution in [3.05, 3.63) is 68.8 Å². The summed E-state index contributed by atoms with van der Waals surface area (Å²) in [7, 11) is 0. The number of rotatable bonds is 5. The Balaban J connectivity index is 1.69. The van der Waals surface area contributed by atoms with E-state index < -0.39 is 4.92 Å². The van der Waals surface area contributed by atoms with Crippen molar-refractivity contribution in [2.75, 3.05) is 6.61 Å². The van der Waals surface area contributed by atoms with Crippen LogP contribution < -0.4 is 10.4 Å². The smallest absolute Gasteiger partial charge is 0.350 e. The molecule has 0 radical (unpaired) electrons. The van der Waals surface area contributed by atoms with Gasteiger partial charge in [-0.15, -0.1) is 5.10 Å². The van der Waals surface area contributed by atoms with Gasteiger partial charge in [-0.1, -0.05) is 6.07 Å². The van der Waals surface area contributed by atoms with Crippen molar-refractivity contribution in [1.29, 1.82) is 0 Å². The van der Waals surface area contributed by atoms with Crippen molar-refractivity contribution in [2.24, 2.45) is 0 Å². The molecule has 0 aliphatic heterocycles. The van der Waals surface area contributed by atoms with Gasteiger partial charge >= 0.3 is 5.69 Å². The second kappa shape index (κ2) is 5.91. The molecular weight excluding hydrogens is 300 g/mol. The van der Waals surface area contributed by atoms with Gasteiger partial charge < -0.3 is 4.74 Å². The molecule has 0 saturated carbocycles. The summed E-state index contributed by atoms with van der Waals surface area (Å²) >= 11 is 0. The molecule has 8 nitrogen and oxygen atoms in total.